The highest BCUT2D eigenvalue weighted by Gasteiger charge is 2.36. The molecule has 0 unspecified atom stereocenters. The lowest BCUT2D eigenvalue weighted by molar-refractivity contribution is 0.281. The van der Waals surface area contributed by atoms with Crippen LogP contribution in [-0.4, -0.2) is 5.11 Å². The first kappa shape index (κ1) is 20.3. The van der Waals surface area contributed by atoms with E-state index in [0.29, 0.717) is 0 Å². The first-order chi connectivity index (χ1) is 15.8. The van der Waals surface area contributed by atoms with Gasteiger partial charge in [-0.05, 0) is 74.3 Å². The van der Waals surface area contributed by atoms with Gasteiger partial charge in [-0.25, -0.2) is 0 Å². The second-order valence-electron chi connectivity index (χ2n) is 10.5. The summed E-state index contributed by atoms with van der Waals surface area (Å²) < 4.78 is 0. The number of fused-ring (bicyclic) bond motifs is 5. The van der Waals surface area contributed by atoms with Gasteiger partial charge in [0, 0.05) is 22.2 Å². The Kier molecular flexibility index (Phi) is 4.19. The average Bonchev–Trinajstić information content (AvgIpc) is 3.05. The highest BCUT2D eigenvalue weighted by molar-refractivity contribution is 5.85. The van der Waals surface area contributed by atoms with Crippen LogP contribution in [0.15, 0.2) is 78.9 Å². The van der Waals surface area contributed by atoms with Crippen molar-refractivity contribution in [1.29, 1.82) is 0 Å². The fourth-order valence-electron chi connectivity index (χ4n) is 5.84. The zero-order valence-electron chi connectivity index (χ0n) is 19.7. The molecule has 0 spiro atoms. The third-order valence-electron chi connectivity index (χ3n) is 7.82. The van der Waals surface area contributed by atoms with Crippen LogP contribution in [-0.2, 0) is 17.4 Å². The molecule has 0 aromatic heterocycles. The third-order valence-corrected chi connectivity index (χ3v) is 7.82. The highest BCUT2D eigenvalue weighted by atomic mass is 16.3. The van der Waals surface area contributed by atoms with Crippen molar-refractivity contribution in [2.45, 2.75) is 45.1 Å². The van der Waals surface area contributed by atoms with Crippen molar-refractivity contribution in [1.82, 2.24) is 0 Å². The summed E-state index contributed by atoms with van der Waals surface area (Å²) in [6, 6.07) is 28.7. The summed E-state index contributed by atoms with van der Waals surface area (Å²) >= 11 is 0. The second kappa shape index (κ2) is 6.82. The number of aliphatic hydroxyl groups excluding tert-OH is 1. The molecule has 0 saturated heterocycles. The van der Waals surface area contributed by atoms with Crippen LogP contribution in [0, 0.1) is 0 Å². The van der Waals surface area contributed by atoms with Crippen LogP contribution in [0.25, 0.3) is 22.3 Å². The maximum Gasteiger partial charge on any atom is 0.0681 e. The summed E-state index contributed by atoms with van der Waals surface area (Å²) in [6.45, 7) is 9.29. The SMILES string of the molecule is CC1(C)c2ccccc2Nc2ccc(-c3ccc4c(c3)C(C)(C)c3cc(CO)ccc3-4)cc21. The van der Waals surface area contributed by atoms with Gasteiger partial charge in [-0.15, -0.1) is 0 Å². The first-order valence-electron chi connectivity index (χ1n) is 11.7. The normalized spacial score (nSPS) is 16.3. The number of para-hydroxylation sites is 1. The van der Waals surface area contributed by atoms with Gasteiger partial charge >= 0.3 is 0 Å². The van der Waals surface area contributed by atoms with E-state index in [1.807, 2.05) is 6.07 Å². The van der Waals surface area contributed by atoms with Crippen molar-refractivity contribution in [2.24, 2.45) is 0 Å². The smallest absolute Gasteiger partial charge is 0.0681 e. The Morgan fingerprint density at radius 3 is 1.94 bits per heavy atom. The summed E-state index contributed by atoms with van der Waals surface area (Å²) in [4.78, 5) is 0. The van der Waals surface area contributed by atoms with E-state index in [2.05, 4.69) is 106 Å². The molecular weight excluding hydrogens is 402 g/mol. The molecule has 0 amide bonds. The number of aliphatic hydroxyl groups is 1. The van der Waals surface area contributed by atoms with Crippen molar-refractivity contribution >= 4 is 11.4 Å². The van der Waals surface area contributed by atoms with Crippen molar-refractivity contribution in [3.05, 3.63) is 107 Å². The number of hydrogen-bond donors (Lipinski definition) is 2. The number of benzene rings is 4. The van der Waals surface area contributed by atoms with E-state index in [1.165, 1.54) is 55.9 Å². The van der Waals surface area contributed by atoms with Gasteiger partial charge in [-0.2, -0.15) is 0 Å². The van der Waals surface area contributed by atoms with Crippen molar-refractivity contribution in [3.63, 3.8) is 0 Å². The molecule has 6 rings (SSSR count). The predicted molar refractivity (Wildman–Crippen MR) is 137 cm³/mol. The monoisotopic (exact) mass is 431 g/mol. The van der Waals surface area contributed by atoms with E-state index in [-0.39, 0.29) is 17.4 Å². The van der Waals surface area contributed by atoms with Crippen LogP contribution >= 0.6 is 0 Å². The van der Waals surface area contributed by atoms with E-state index in [4.69, 9.17) is 0 Å². The van der Waals surface area contributed by atoms with Crippen LogP contribution < -0.4 is 5.32 Å². The minimum absolute atomic E-state index is 0.0693. The van der Waals surface area contributed by atoms with Gasteiger partial charge in [0.25, 0.3) is 0 Å². The summed E-state index contributed by atoms with van der Waals surface area (Å²) in [6.07, 6.45) is 0. The van der Waals surface area contributed by atoms with Crippen LogP contribution in [0.1, 0.15) is 55.5 Å². The molecule has 0 atom stereocenters. The number of nitrogens with one attached hydrogen (secondary N) is 1. The van der Waals surface area contributed by atoms with Gasteiger partial charge in [0.1, 0.15) is 0 Å². The average molecular weight is 432 g/mol. The van der Waals surface area contributed by atoms with E-state index in [1.54, 1.807) is 0 Å². The van der Waals surface area contributed by atoms with Gasteiger partial charge < -0.3 is 10.4 Å². The molecule has 33 heavy (non-hydrogen) atoms. The van der Waals surface area contributed by atoms with Crippen LogP contribution in [0.4, 0.5) is 11.4 Å². The van der Waals surface area contributed by atoms with Crippen LogP contribution in [0.2, 0.25) is 0 Å². The molecule has 2 nitrogen and oxygen atoms in total. The van der Waals surface area contributed by atoms with Crippen LogP contribution in [0.3, 0.4) is 0 Å². The van der Waals surface area contributed by atoms with Gasteiger partial charge in [0.15, 0.2) is 0 Å². The van der Waals surface area contributed by atoms with Crippen molar-refractivity contribution in [3.8, 4) is 22.3 Å². The standard InChI is InChI=1S/C31H29NO/c1-30(2)24-7-5-6-8-28(24)32-29-14-11-21(17-27(29)30)20-10-13-23-22-12-9-19(18-33)15-25(22)31(3,4)26(23)16-20/h5-17,32-33H,18H2,1-4H3. The Hall–Kier alpha value is -3.36. The zero-order valence-corrected chi connectivity index (χ0v) is 19.7. The van der Waals surface area contributed by atoms with Crippen molar-refractivity contribution in [2.75, 3.05) is 5.32 Å². The Bertz CT molecular complexity index is 1430. The molecule has 1 aliphatic carbocycles. The molecule has 164 valence electrons. The van der Waals surface area contributed by atoms with Crippen molar-refractivity contribution < 1.29 is 5.11 Å². The molecule has 2 N–H and O–H groups in total. The van der Waals surface area contributed by atoms with Gasteiger partial charge in [0.2, 0.25) is 0 Å². The Balaban J connectivity index is 1.46. The highest BCUT2D eigenvalue weighted by Crippen LogP contribution is 2.51. The lowest BCUT2D eigenvalue weighted by Crippen LogP contribution is -2.25. The minimum atomic E-state index is -0.0974. The summed E-state index contributed by atoms with van der Waals surface area (Å²) in [5, 5.41) is 13.3. The van der Waals surface area contributed by atoms with Gasteiger partial charge in [0.05, 0.1) is 6.61 Å². The number of rotatable bonds is 2. The van der Waals surface area contributed by atoms with E-state index < -0.39 is 0 Å². The summed E-state index contributed by atoms with van der Waals surface area (Å²) in [5.74, 6) is 0. The molecular formula is C31H29NO. The predicted octanol–water partition coefficient (Wildman–Crippen LogP) is 7.54. The molecule has 2 aliphatic rings. The van der Waals surface area contributed by atoms with E-state index in [0.717, 1.165) is 5.56 Å². The van der Waals surface area contributed by atoms with E-state index >= 15 is 0 Å². The van der Waals surface area contributed by atoms with Gasteiger partial charge in [-0.1, -0.05) is 82.3 Å². The molecule has 0 bridgehead atoms. The fraction of sp³-hybridized carbons (Fsp3) is 0.226. The Morgan fingerprint density at radius 2 is 1.18 bits per heavy atom. The lowest BCUT2D eigenvalue weighted by Gasteiger charge is -2.36. The van der Waals surface area contributed by atoms with Crippen LogP contribution in [0.5, 0.6) is 0 Å². The van der Waals surface area contributed by atoms with Gasteiger partial charge in [-0.3, -0.25) is 0 Å². The fourth-order valence-corrected chi connectivity index (χ4v) is 5.84. The molecule has 0 fully saturated rings. The molecule has 4 aromatic carbocycles. The molecule has 2 heteroatoms. The Labute approximate surface area is 195 Å². The number of anilines is 2. The maximum atomic E-state index is 9.64. The quantitative estimate of drug-likeness (QED) is 0.344. The Morgan fingerprint density at radius 1 is 0.606 bits per heavy atom. The zero-order chi connectivity index (χ0) is 23.0. The lowest BCUT2D eigenvalue weighted by atomic mass is 9.73. The second-order valence-corrected chi connectivity index (χ2v) is 10.5. The maximum absolute atomic E-state index is 9.64. The molecule has 0 radical (unpaired) electrons. The molecule has 1 aliphatic heterocycles. The molecule has 1 heterocycles. The third kappa shape index (κ3) is 2.84. The largest absolute Gasteiger partial charge is 0.392 e. The minimum Gasteiger partial charge on any atom is -0.392 e. The number of hydrogen-bond acceptors (Lipinski definition) is 2. The van der Waals surface area contributed by atoms with E-state index in [9.17, 15) is 5.11 Å². The molecule has 4 aromatic rings. The molecule has 0 saturated carbocycles. The summed E-state index contributed by atoms with van der Waals surface area (Å²) in [7, 11) is 0. The summed E-state index contributed by atoms with van der Waals surface area (Å²) in [5.41, 5.74) is 13.6. The first-order valence-corrected chi connectivity index (χ1v) is 11.7. The topological polar surface area (TPSA) is 32.3 Å².